The number of carbonyl (C=O) groups excluding carboxylic acids is 3. The molecule has 1 aromatic rings. The van der Waals surface area contributed by atoms with Crippen molar-refractivity contribution < 1.29 is 14.4 Å². The molecule has 0 saturated carbocycles. The molecule has 1 saturated heterocycles. The first-order chi connectivity index (χ1) is 11.4. The van der Waals surface area contributed by atoms with Crippen LogP contribution in [0.25, 0.3) is 0 Å². The lowest BCUT2D eigenvalue weighted by Crippen LogP contribution is -2.55. The van der Waals surface area contributed by atoms with Gasteiger partial charge in [0.05, 0.1) is 11.1 Å². The average Bonchev–Trinajstić information content (AvgIpc) is 2.79. The van der Waals surface area contributed by atoms with Gasteiger partial charge in [-0.25, -0.2) is 0 Å². The summed E-state index contributed by atoms with van der Waals surface area (Å²) in [5.41, 5.74) is 1.67. The minimum atomic E-state index is -0.827. The lowest BCUT2D eigenvalue weighted by molar-refractivity contribution is -0.125. The molecule has 0 aliphatic carbocycles. The number of benzene rings is 1. The van der Waals surface area contributed by atoms with E-state index in [1.165, 1.54) is 0 Å². The van der Waals surface area contributed by atoms with Gasteiger partial charge in [0.25, 0.3) is 11.8 Å². The van der Waals surface area contributed by atoms with Crippen molar-refractivity contribution in [3.05, 3.63) is 34.9 Å². The fraction of sp³-hybridized carbons (Fsp3) is 0.500. The third kappa shape index (κ3) is 2.82. The van der Waals surface area contributed by atoms with E-state index in [0.29, 0.717) is 23.6 Å². The number of imide groups is 1. The lowest BCUT2D eigenvalue weighted by Gasteiger charge is -2.32. The van der Waals surface area contributed by atoms with E-state index in [-0.39, 0.29) is 11.9 Å². The Morgan fingerprint density at radius 2 is 2.00 bits per heavy atom. The van der Waals surface area contributed by atoms with Crippen LogP contribution in [-0.2, 0) is 4.79 Å². The molecule has 2 heterocycles. The molecule has 1 fully saturated rings. The van der Waals surface area contributed by atoms with Crippen molar-refractivity contribution in [2.75, 3.05) is 13.1 Å². The molecule has 2 aliphatic rings. The Hall–Kier alpha value is -2.21. The van der Waals surface area contributed by atoms with Crippen LogP contribution in [0, 0.1) is 12.8 Å². The van der Waals surface area contributed by atoms with Gasteiger partial charge in [0.2, 0.25) is 5.91 Å². The van der Waals surface area contributed by atoms with E-state index in [2.05, 4.69) is 17.6 Å². The molecule has 1 aromatic carbocycles. The second-order valence-corrected chi connectivity index (χ2v) is 6.79. The van der Waals surface area contributed by atoms with Gasteiger partial charge < -0.3 is 10.6 Å². The predicted molar refractivity (Wildman–Crippen MR) is 89.7 cm³/mol. The highest BCUT2D eigenvalue weighted by atomic mass is 16.2. The van der Waals surface area contributed by atoms with Crippen LogP contribution in [0.1, 0.15) is 46.5 Å². The Bertz CT molecular complexity index is 701. The zero-order chi connectivity index (χ0) is 17.4. The Labute approximate surface area is 141 Å². The highest BCUT2D eigenvalue weighted by molar-refractivity contribution is 6.22. The molecule has 2 N–H and O–H groups in total. The molecule has 3 atom stereocenters. The normalized spacial score (nSPS) is 24.7. The number of nitrogens with one attached hydrogen (secondary N) is 2. The number of hydrogen-bond donors (Lipinski definition) is 2. The molecule has 24 heavy (non-hydrogen) atoms. The van der Waals surface area contributed by atoms with Crippen LogP contribution in [0.3, 0.4) is 0 Å². The maximum Gasteiger partial charge on any atom is 0.262 e. The number of amides is 3. The van der Waals surface area contributed by atoms with Gasteiger partial charge in [-0.2, -0.15) is 0 Å². The first kappa shape index (κ1) is 16.6. The van der Waals surface area contributed by atoms with Crippen LogP contribution in [0.2, 0.25) is 0 Å². The second kappa shape index (κ2) is 6.36. The minimum absolute atomic E-state index is 0.0196. The SMILES string of the molecule is Cc1ccc2c(c1)C(=O)N(C(C)C(=O)NC1CNCCC1C)C2=O. The van der Waals surface area contributed by atoms with Crippen LogP contribution in [0.4, 0.5) is 0 Å². The third-order valence-electron chi connectivity index (χ3n) is 5.00. The summed E-state index contributed by atoms with van der Waals surface area (Å²) in [6.07, 6.45) is 0.992. The summed E-state index contributed by atoms with van der Waals surface area (Å²) in [6, 6.07) is 4.35. The number of carbonyl (C=O) groups is 3. The fourth-order valence-corrected chi connectivity index (χ4v) is 3.33. The van der Waals surface area contributed by atoms with Crippen LogP contribution >= 0.6 is 0 Å². The Kier molecular flexibility index (Phi) is 4.41. The number of rotatable bonds is 3. The average molecular weight is 329 g/mol. The number of piperidine rings is 1. The van der Waals surface area contributed by atoms with E-state index in [1.54, 1.807) is 25.1 Å². The van der Waals surface area contributed by atoms with Gasteiger partial charge >= 0.3 is 0 Å². The summed E-state index contributed by atoms with van der Waals surface area (Å²) in [4.78, 5) is 38.7. The quantitative estimate of drug-likeness (QED) is 0.814. The molecule has 2 aliphatic heterocycles. The summed E-state index contributed by atoms with van der Waals surface area (Å²) in [5, 5.41) is 6.23. The van der Waals surface area contributed by atoms with E-state index in [4.69, 9.17) is 0 Å². The van der Waals surface area contributed by atoms with Gasteiger partial charge in [0, 0.05) is 12.6 Å². The van der Waals surface area contributed by atoms with Gasteiger partial charge in [0.15, 0.2) is 0 Å². The molecule has 3 unspecified atom stereocenters. The minimum Gasteiger partial charge on any atom is -0.350 e. The maximum atomic E-state index is 12.6. The molecule has 3 rings (SSSR count). The van der Waals surface area contributed by atoms with E-state index >= 15 is 0 Å². The molecule has 6 nitrogen and oxygen atoms in total. The lowest BCUT2D eigenvalue weighted by atomic mass is 9.94. The molecule has 3 amide bonds. The number of fused-ring (bicyclic) bond motifs is 1. The maximum absolute atomic E-state index is 12.6. The van der Waals surface area contributed by atoms with Crippen molar-refractivity contribution >= 4 is 17.7 Å². The van der Waals surface area contributed by atoms with Crippen molar-refractivity contribution in [1.82, 2.24) is 15.5 Å². The van der Waals surface area contributed by atoms with E-state index < -0.39 is 17.9 Å². The van der Waals surface area contributed by atoms with Crippen molar-refractivity contribution in [3.63, 3.8) is 0 Å². The molecule has 6 heteroatoms. The Morgan fingerprint density at radius 3 is 2.71 bits per heavy atom. The topological polar surface area (TPSA) is 78.5 Å². The first-order valence-corrected chi connectivity index (χ1v) is 8.39. The summed E-state index contributed by atoms with van der Waals surface area (Å²) < 4.78 is 0. The molecule has 128 valence electrons. The Balaban J connectivity index is 1.75. The van der Waals surface area contributed by atoms with E-state index in [0.717, 1.165) is 23.4 Å². The first-order valence-electron chi connectivity index (χ1n) is 8.39. The highest BCUT2D eigenvalue weighted by Crippen LogP contribution is 2.26. The molecule has 0 aromatic heterocycles. The van der Waals surface area contributed by atoms with Crippen LogP contribution in [-0.4, -0.2) is 47.8 Å². The van der Waals surface area contributed by atoms with Crippen molar-refractivity contribution in [2.24, 2.45) is 5.92 Å². The second-order valence-electron chi connectivity index (χ2n) is 6.79. The highest BCUT2D eigenvalue weighted by Gasteiger charge is 2.41. The van der Waals surface area contributed by atoms with Crippen molar-refractivity contribution in [1.29, 1.82) is 0 Å². The summed E-state index contributed by atoms with van der Waals surface area (Å²) in [6.45, 7) is 7.22. The van der Waals surface area contributed by atoms with Gasteiger partial charge in [-0.15, -0.1) is 0 Å². The van der Waals surface area contributed by atoms with Gasteiger partial charge in [-0.05, 0) is 44.9 Å². The van der Waals surface area contributed by atoms with Gasteiger partial charge in [-0.3, -0.25) is 19.3 Å². The molecule has 0 radical (unpaired) electrons. The standard InChI is InChI=1S/C18H23N3O3/c1-10-4-5-13-14(8-10)18(24)21(17(13)23)12(3)16(22)20-15-9-19-7-6-11(15)2/h4-5,8,11-12,15,19H,6-7,9H2,1-3H3,(H,20,22). The zero-order valence-corrected chi connectivity index (χ0v) is 14.3. The van der Waals surface area contributed by atoms with Crippen LogP contribution in [0.5, 0.6) is 0 Å². The van der Waals surface area contributed by atoms with E-state index in [9.17, 15) is 14.4 Å². The molecular weight excluding hydrogens is 306 g/mol. The van der Waals surface area contributed by atoms with Gasteiger partial charge in [0.1, 0.15) is 6.04 Å². The molecule has 0 bridgehead atoms. The van der Waals surface area contributed by atoms with Crippen molar-refractivity contribution in [2.45, 2.75) is 39.3 Å². The zero-order valence-electron chi connectivity index (χ0n) is 14.3. The smallest absolute Gasteiger partial charge is 0.262 e. The summed E-state index contributed by atoms with van der Waals surface area (Å²) in [5.74, 6) is -0.711. The number of aryl methyl sites for hydroxylation is 1. The number of nitrogens with zero attached hydrogens (tertiary/aromatic N) is 1. The van der Waals surface area contributed by atoms with Crippen LogP contribution in [0.15, 0.2) is 18.2 Å². The molecular formula is C18H23N3O3. The van der Waals surface area contributed by atoms with Gasteiger partial charge in [-0.1, -0.05) is 18.6 Å². The monoisotopic (exact) mass is 329 g/mol. The largest absolute Gasteiger partial charge is 0.350 e. The fourth-order valence-electron chi connectivity index (χ4n) is 3.33. The Morgan fingerprint density at radius 1 is 1.29 bits per heavy atom. The number of hydrogen-bond acceptors (Lipinski definition) is 4. The summed E-state index contributed by atoms with van der Waals surface area (Å²) in [7, 11) is 0. The summed E-state index contributed by atoms with van der Waals surface area (Å²) >= 11 is 0. The van der Waals surface area contributed by atoms with E-state index in [1.807, 2.05) is 6.92 Å². The predicted octanol–water partition coefficient (Wildman–Crippen LogP) is 1.09. The third-order valence-corrected chi connectivity index (χ3v) is 5.00. The van der Waals surface area contributed by atoms with Crippen LogP contribution < -0.4 is 10.6 Å². The van der Waals surface area contributed by atoms with Crippen molar-refractivity contribution in [3.8, 4) is 0 Å². The molecule has 0 spiro atoms.